The number of halogens is 2. The molecule has 3 nitrogen and oxygen atoms in total. The van der Waals surface area contributed by atoms with Crippen LogP contribution in [0.2, 0.25) is 10.0 Å². The fraction of sp³-hybridized carbons (Fsp3) is 0.375. The molecule has 1 aromatic heterocycles. The van der Waals surface area contributed by atoms with Crippen molar-refractivity contribution in [3.63, 3.8) is 0 Å². The van der Waals surface area contributed by atoms with Gasteiger partial charge in [-0.15, -0.1) is 0 Å². The standard InChI is InChI=1S/C16H17Cl2N3/c1-19-16-11-4-2-3-5-14(11)20-15(21-16)9-10-6-7-12(17)13(18)8-10/h6-8H,2-5,9H2,1H3,(H,19,20,21). The number of fused-ring (bicyclic) bond motifs is 1. The van der Waals surface area contributed by atoms with Crippen molar-refractivity contribution >= 4 is 29.0 Å². The molecule has 1 aliphatic carbocycles. The second kappa shape index (κ2) is 6.20. The summed E-state index contributed by atoms with van der Waals surface area (Å²) in [6, 6.07) is 5.67. The summed E-state index contributed by atoms with van der Waals surface area (Å²) in [5, 5.41) is 4.35. The van der Waals surface area contributed by atoms with Crippen molar-refractivity contribution in [1.29, 1.82) is 0 Å². The van der Waals surface area contributed by atoms with Crippen molar-refractivity contribution < 1.29 is 0 Å². The van der Waals surface area contributed by atoms with E-state index in [1.54, 1.807) is 0 Å². The quantitative estimate of drug-likeness (QED) is 0.916. The van der Waals surface area contributed by atoms with Gasteiger partial charge in [-0.1, -0.05) is 29.3 Å². The van der Waals surface area contributed by atoms with Gasteiger partial charge in [0, 0.05) is 24.7 Å². The van der Waals surface area contributed by atoms with Gasteiger partial charge in [0.2, 0.25) is 0 Å². The number of nitrogens with one attached hydrogen (secondary N) is 1. The highest BCUT2D eigenvalue weighted by atomic mass is 35.5. The molecule has 0 unspecified atom stereocenters. The van der Waals surface area contributed by atoms with Crippen LogP contribution in [0, 0.1) is 0 Å². The average molecular weight is 322 g/mol. The molecule has 0 fully saturated rings. The van der Waals surface area contributed by atoms with Gasteiger partial charge in [-0.25, -0.2) is 9.97 Å². The zero-order valence-electron chi connectivity index (χ0n) is 11.9. The Kier molecular flexibility index (Phi) is 4.32. The Morgan fingerprint density at radius 2 is 1.90 bits per heavy atom. The summed E-state index contributed by atoms with van der Waals surface area (Å²) in [5.74, 6) is 1.80. The Bertz CT molecular complexity index is 654. The maximum Gasteiger partial charge on any atom is 0.135 e. The Morgan fingerprint density at radius 1 is 1.10 bits per heavy atom. The van der Waals surface area contributed by atoms with Crippen molar-refractivity contribution in [2.75, 3.05) is 12.4 Å². The monoisotopic (exact) mass is 321 g/mol. The molecular formula is C16H17Cl2N3. The minimum Gasteiger partial charge on any atom is -0.373 e. The number of aryl methyl sites for hydroxylation is 1. The summed E-state index contributed by atoms with van der Waals surface area (Å²) in [5.41, 5.74) is 3.54. The predicted octanol–water partition coefficient (Wildman–Crippen LogP) is 4.29. The van der Waals surface area contributed by atoms with Crippen LogP contribution >= 0.6 is 23.2 Å². The lowest BCUT2D eigenvalue weighted by Gasteiger charge is -2.18. The molecule has 0 saturated carbocycles. The first-order valence-corrected chi connectivity index (χ1v) is 7.93. The number of hydrogen-bond acceptors (Lipinski definition) is 3. The van der Waals surface area contributed by atoms with E-state index >= 15 is 0 Å². The van der Waals surface area contributed by atoms with E-state index in [-0.39, 0.29) is 0 Å². The molecule has 1 aromatic carbocycles. The molecule has 0 saturated heterocycles. The molecular weight excluding hydrogens is 305 g/mol. The van der Waals surface area contributed by atoms with Crippen LogP contribution in [0.4, 0.5) is 5.82 Å². The number of nitrogens with zero attached hydrogens (tertiary/aromatic N) is 2. The van der Waals surface area contributed by atoms with Gasteiger partial charge in [-0.2, -0.15) is 0 Å². The van der Waals surface area contributed by atoms with E-state index in [2.05, 4.69) is 10.3 Å². The van der Waals surface area contributed by atoms with Gasteiger partial charge < -0.3 is 5.32 Å². The molecule has 0 radical (unpaired) electrons. The first-order chi connectivity index (χ1) is 10.2. The molecule has 110 valence electrons. The van der Waals surface area contributed by atoms with Crippen LogP contribution in [0.5, 0.6) is 0 Å². The second-order valence-electron chi connectivity index (χ2n) is 5.30. The summed E-state index contributed by atoms with van der Waals surface area (Å²) in [6.45, 7) is 0. The van der Waals surface area contributed by atoms with E-state index in [0.29, 0.717) is 16.5 Å². The van der Waals surface area contributed by atoms with Crippen LogP contribution in [0.3, 0.4) is 0 Å². The van der Waals surface area contributed by atoms with E-state index in [4.69, 9.17) is 28.2 Å². The van der Waals surface area contributed by atoms with Crippen molar-refractivity contribution in [2.45, 2.75) is 32.1 Å². The topological polar surface area (TPSA) is 37.8 Å². The third-order valence-electron chi connectivity index (χ3n) is 3.81. The summed E-state index contributed by atoms with van der Waals surface area (Å²) >= 11 is 12.0. The van der Waals surface area contributed by atoms with Gasteiger partial charge in [0.25, 0.3) is 0 Å². The van der Waals surface area contributed by atoms with Gasteiger partial charge in [-0.05, 0) is 43.4 Å². The maximum atomic E-state index is 6.07. The normalized spacial score (nSPS) is 13.9. The van der Waals surface area contributed by atoms with Gasteiger partial charge >= 0.3 is 0 Å². The van der Waals surface area contributed by atoms with Gasteiger partial charge in [0.1, 0.15) is 11.6 Å². The molecule has 2 aromatic rings. The van der Waals surface area contributed by atoms with E-state index in [1.165, 1.54) is 24.1 Å². The van der Waals surface area contributed by atoms with Crippen molar-refractivity contribution in [3.05, 3.63) is 50.9 Å². The molecule has 0 bridgehead atoms. The molecule has 5 heteroatoms. The lowest BCUT2D eigenvalue weighted by Crippen LogP contribution is -2.13. The number of anilines is 1. The fourth-order valence-corrected chi connectivity index (χ4v) is 3.08. The van der Waals surface area contributed by atoms with Gasteiger partial charge in [0.15, 0.2) is 0 Å². The Labute approximate surface area is 134 Å². The predicted molar refractivity (Wildman–Crippen MR) is 87.5 cm³/mol. The summed E-state index contributed by atoms with van der Waals surface area (Å²) < 4.78 is 0. The number of hydrogen-bond donors (Lipinski definition) is 1. The molecule has 1 aliphatic rings. The molecule has 0 spiro atoms. The minimum atomic E-state index is 0.570. The molecule has 21 heavy (non-hydrogen) atoms. The van der Waals surface area contributed by atoms with E-state index < -0.39 is 0 Å². The summed E-state index contributed by atoms with van der Waals surface area (Å²) in [4.78, 5) is 9.40. The first-order valence-electron chi connectivity index (χ1n) is 7.17. The van der Waals surface area contributed by atoms with Gasteiger partial charge in [0.05, 0.1) is 10.0 Å². The Balaban J connectivity index is 1.93. The average Bonchev–Trinajstić information content (AvgIpc) is 2.50. The van der Waals surface area contributed by atoms with Crippen molar-refractivity contribution in [3.8, 4) is 0 Å². The van der Waals surface area contributed by atoms with Crippen LogP contribution < -0.4 is 5.32 Å². The van der Waals surface area contributed by atoms with Gasteiger partial charge in [-0.3, -0.25) is 0 Å². The fourth-order valence-electron chi connectivity index (χ4n) is 2.76. The Morgan fingerprint density at radius 3 is 2.67 bits per heavy atom. The highest BCUT2D eigenvalue weighted by Crippen LogP contribution is 2.27. The zero-order valence-corrected chi connectivity index (χ0v) is 13.4. The summed E-state index contributed by atoms with van der Waals surface area (Å²) in [6.07, 6.45) is 5.20. The zero-order chi connectivity index (χ0) is 14.8. The third kappa shape index (κ3) is 3.14. The SMILES string of the molecule is CNc1nc(Cc2ccc(Cl)c(Cl)c2)nc2c1CCCC2. The van der Waals surface area contributed by atoms with Crippen LogP contribution in [0.25, 0.3) is 0 Å². The largest absolute Gasteiger partial charge is 0.373 e. The maximum absolute atomic E-state index is 6.07. The van der Waals surface area contributed by atoms with Crippen molar-refractivity contribution in [2.24, 2.45) is 0 Å². The number of benzene rings is 1. The molecule has 0 amide bonds. The molecule has 0 aliphatic heterocycles. The number of aromatic nitrogens is 2. The minimum absolute atomic E-state index is 0.570. The van der Waals surface area contributed by atoms with E-state index in [9.17, 15) is 0 Å². The van der Waals surface area contributed by atoms with Crippen LogP contribution in [0.1, 0.15) is 35.5 Å². The third-order valence-corrected chi connectivity index (χ3v) is 4.55. The molecule has 3 rings (SSSR count). The highest BCUT2D eigenvalue weighted by Gasteiger charge is 2.17. The van der Waals surface area contributed by atoms with E-state index in [1.807, 2.05) is 25.2 Å². The van der Waals surface area contributed by atoms with Crippen LogP contribution in [-0.2, 0) is 19.3 Å². The van der Waals surface area contributed by atoms with Crippen LogP contribution in [0.15, 0.2) is 18.2 Å². The van der Waals surface area contributed by atoms with Crippen LogP contribution in [-0.4, -0.2) is 17.0 Å². The number of rotatable bonds is 3. The first kappa shape index (κ1) is 14.6. The Hall–Kier alpha value is -1.32. The van der Waals surface area contributed by atoms with E-state index in [0.717, 1.165) is 30.0 Å². The van der Waals surface area contributed by atoms with Crippen molar-refractivity contribution in [1.82, 2.24) is 9.97 Å². The lowest BCUT2D eigenvalue weighted by atomic mass is 9.96. The molecule has 1 N–H and O–H groups in total. The molecule has 1 heterocycles. The molecule has 0 atom stereocenters. The highest BCUT2D eigenvalue weighted by molar-refractivity contribution is 6.42. The summed E-state index contributed by atoms with van der Waals surface area (Å²) in [7, 11) is 1.92. The second-order valence-corrected chi connectivity index (χ2v) is 6.11. The lowest BCUT2D eigenvalue weighted by molar-refractivity contribution is 0.657. The smallest absolute Gasteiger partial charge is 0.135 e.